The molecule has 0 heteroatoms. The molecule has 0 aliphatic rings. The molecule has 0 bridgehead atoms. The van der Waals surface area contributed by atoms with Gasteiger partial charge in [0.15, 0.2) is 0 Å². The van der Waals surface area contributed by atoms with Gasteiger partial charge in [0, 0.05) is 0 Å². The Kier molecular flexibility index (Phi) is 4.74. The molecule has 0 unspecified atom stereocenters. The van der Waals surface area contributed by atoms with Crippen LogP contribution in [0, 0.1) is 6.92 Å². The van der Waals surface area contributed by atoms with E-state index in [-0.39, 0.29) is 0 Å². The zero-order valence-electron chi connectivity index (χ0n) is 11.5. The molecule has 0 nitrogen and oxygen atoms in total. The second kappa shape index (κ2) is 6.75. The molecular weight excluding hydrogens is 228 g/mol. The van der Waals surface area contributed by atoms with Crippen molar-refractivity contribution in [2.45, 2.75) is 19.8 Å². The lowest BCUT2D eigenvalue weighted by molar-refractivity contribution is 1.24. The SMILES string of the molecule is C=CC/C=C\Cc1ccc(-c2ccc(C)cc2)cc1. The Morgan fingerprint density at radius 2 is 1.42 bits per heavy atom. The van der Waals surface area contributed by atoms with Gasteiger partial charge in [0.05, 0.1) is 0 Å². The lowest BCUT2D eigenvalue weighted by Crippen LogP contribution is -1.83. The summed E-state index contributed by atoms with van der Waals surface area (Å²) in [6.45, 7) is 5.82. The normalized spacial score (nSPS) is 10.8. The van der Waals surface area contributed by atoms with Crippen molar-refractivity contribution in [2.75, 3.05) is 0 Å². The number of hydrogen-bond donors (Lipinski definition) is 0. The van der Waals surface area contributed by atoms with Crippen molar-refractivity contribution in [3.05, 3.63) is 84.5 Å². The summed E-state index contributed by atoms with van der Waals surface area (Å²) in [6, 6.07) is 17.5. The Morgan fingerprint density at radius 3 is 2.00 bits per heavy atom. The van der Waals surface area contributed by atoms with E-state index < -0.39 is 0 Å². The van der Waals surface area contributed by atoms with Gasteiger partial charge in [0.2, 0.25) is 0 Å². The van der Waals surface area contributed by atoms with Crippen molar-refractivity contribution in [3.8, 4) is 11.1 Å². The number of allylic oxidation sites excluding steroid dienone is 3. The monoisotopic (exact) mass is 248 g/mol. The van der Waals surface area contributed by atoms with E-state index in [4.69, 9.17) is 0 Å². The maximum absolute atomic E-state index is 3.71. The van der Waals surface area contributed by atoms with Crippen LogP contribution in [0.5, 0.6) is 0 Å². The van der Waals surface area contributed by atoms with Crippen LogP contribution in [0.3, 0.4) is 0 Å². The molecule has 0 aromatic heterocycles. The van der Waals surface area contributed by atoms with Gasteiger partial charge in [0.1, 0.15) is 0 Å². The molecule has 2 aromatic carbocycles. The topological polar surface area (TPSA) is 0 Å². The average Bonchev–Trinajstić information content (AvgIpc) is 2.45. The Morgan fingerprint density at radius 1 is 0.842 bits per heavy atom. The largest absolute Gasteiger partial charge is 0.103 e. The molecular formula is C19H20. The van der Waals surface area contributed by atoms with Crippen LogP contribution in [0.25, 0.3) is 11.1 Å². The molecule has 0 fully saturated rings. The quantitative estimate of drug-likeness (QED) is 0.627. The molecule has 0 spiro atoms. The Balaban J connectivity index is 2.05. The van der Waals surface area contributed by atoms with Gasteiger partial charge < -0.3 is 0 Å². The van der Waals surface area contributed by atoms with E-state index in [0.717, 1.165) is 12.8 Å². The first-order chi connectivity index (χ1) is 9.29. The lowest BCUT2D eigenvalue weighted by atomic mass is 10.0. The third kappa shape index (κ3) is 3.96. The second-order valence-corrected chi connectivity index (χ2v) is 4.76. The summed E-state index contributed by atoms with van der Waals surface area (Å²) >= 11 is 0. The van der Waals surface area contributed by atoms with E-state index >= 15 is 0 Å². The van der Waals surface area contributed by atoms with Crippen LogP contribution in [0.4, 0.5) is 0 Å². The average molecular weight is 248 g/mol. The minimum absolute atomic E-state index is 0.946. The van der Waals surface area contributed by atoms with Gasteiger partial charge in [-0.15, -0.1) is 6.58 Å². The zero-order valence-corrected chi connectivity index (χ0v) is 11.5. The molecule has 2 rings (SSSR count). The van der Waals surface area contributed by atoms with Crippen LogP contribution in [0.1, 0.15) is 17.5 Å². The maximum atomic E-state index is 3.71. The minimum Gasteiger partial charge on any atom is -0.103 e. The van der Waals surface area contributed by atoms with E-state index in [1.165, 1.54) is 22.3 Å². The lowest BCUT2D eigenvalue weighted by Gasteiger charge is -2.03. The Bertz CT molecular complexity index is 542. The summed E-state index contributed by atoms with van der Waals surface area (Å²) in [5.41, 5.74) is 5.20. The van der Waals surface area contributed by atoms with Crippen molar-refractivity contribution in [2.24, 2.45) is 0 Å². The van der Waals surface area contributed by atoms with Gasteiger partial charge in [-0.25, -0.2) is 0 Å². The van der Waals surface area contributed by atoms with Gasteiger partial charge in [0.25, 0.3) is 0 Å². The van der Waals surface area contributed by atoms with Crippen molar-refractivity contribution in [3.63, 3.8) is 0 Å². The van der Waals surface area contributed by atoms with Crippen LogP contribution >= 0.6 is 0 Å². The maximum Gasteiger partial charge on any atom is -0.00973 e. The highest BCUT2D eigenvalue weighted by Crippen LogP contribution is 2.20. The highest BCUT2D eigenvalue weighted by atomic mass is 14.0. The molecule has 0 heterocycles. The molecule has 0 saturated heterocycles. The van der Waals surface area contributed by atoms with Crippen LogP contribution < -0.4 is 0 Å². The van der Waals surface area contributed by atoms with Gasteiger partial charge in [-0.1, -0.05) is 72.3 Å². The molecule has 0 amide bonds. The van der Waals surface area contributed by atoms with Crippen LogP contribution in [0.2, 0.25) is 0 Å². The summed E-state index contributed by atoms with van der Waals surface area (Å²) in [5, 5.41) is 0. The van der Waals surface area contributed by atoms with Crippen molar-refractivity contribution in [1.29, 1.82) is 0 Å². The molecule has 0 aliphatic carbocycles. The fourth-order valence-electron chi connectivity index (χ4n) is 1.99. The number of benzene rings is 2. The van der Waals surface area contributed by atoms with Gasteiger partial charge in [-0.2, -0.15) is 0 Å². The van der Waals surface area contributed by atoms with Gasteiger partial charge >= 0.3 is 0 Å². The first kappa shape index (κ1) is 13.4. The molecule has 2 aromatic rings. The molecule has 0 saturated carbocycles. The number of hydrogen-bond acceptors (Lipinski definition) is 0. The highest BCUT2D eigenvalue weighted by molar-refractivity contribution is 5.63. The molecule has 96 valence electrons. The predicted molar refractivity (Wildman–Crippen MR) is 84.3 cm³/mol. The summed E-state index contributed by atoms with van der Waals surface area (Å²) in [5.74, 6) is 0. The second-order valence-electron chi connectivity index (χ2n) is 4.76. The molecule has 0 atom stereocenters. The fraction of sp³-hybridized carbons (Fsp3) is 0.158. The van der Waals surface area contributed by atoms with Crippen molar-refractivity contribution < 1.29 is 0 Å². The first-order valence-corrected chi connectivity index (χ1v) is 6.71. The summed E-state index contributed by atoms with van der Waals surface area (Å²) < 4.78 is 0. The third-order valence-corrected chi connectivity index (χ3v) is 3.16. The zero-order chi connectivity index (χ0) is 13.5. The molecule has 0 radical (unpaired) electrons. The van der Waals surface area contributed by atoms with E-state index in [2.05, 4.69) is 74.2 Å². The highest BCUT2D eigenvalue weighted by Gasteiger charge is 1.97. The van der Waals surface area contributed by atoms with Gasteiger partial charge in [-0.05, 0) is 36.5 Å². The fourth-order valence-corrected chi connectivity index (χ4v) is 1.99. The minimum atomic E-state index is 0.946. The molecule has 19 heavy (non-hydrogen) atoms. The number of rotatable bonds is 5. The van der Waals surface area contributed by atoms with Gasteiger partial charge in [-0.3, -0.25) is 0 Å². The van der Waals surface area contributed by atoms with Crippen LogP contribution in [-0.4, -0.2) is 0 Å². The number of aryl methyl sites for hydroxylation is 1. The Hall–Kier alpha value is -2.08. The van der Waals surface area contributed by atoms with E-state index in [0.29, 0.717) is 0 Å². The Labute approximate surface area is 116 Å². The summed E-state index contributed by atoms with van der Waals surface area (Å²) in [4.78, 5) is 0. The third-order valence-electron chi connectivity index (χ3n) is 3.16. The smallest absolute Gasteiger partial charge is 0.00973 e. The first-order valence-electron chi connectivity index (χ1n) is 6.71. The standard InChI is InChI=1S/C19H20/c1-3-4-5-6-7-17-10-14-19(15-11-17)18-12-8-16(2)9-13-18/h3,5-6,8-15H,1,4,7H2,2H3/b6-5-. The van der Waals surface area contributed by atoms with E-state index in [1.54, 1.807) is 0 Å². The summed E-state index contributed by atoms with van der Waals surface area (Å²) in [7, 11) is 0. The van der Waals surface area contributed by atoms with E-state index in [9.17, 15) is 0 Å². The van der Waals surface area contributed by atoms with Crippen LogP contribution in [-0.2, 0) is 6.42 Å². The summed E-state index contributed by atoms with van der Waals surface area (Å²) in [6.07, 6.45) is 8.20. The van der Waals surface area contributed by atoms with Crippen molar-refractivity contribution in [1.82, 2.24) is 0 Å². The predicted octanol–water partition coefficient (Wildman–Crippen LogP) is 5.34. The van der Waals surface area contributed by atoms with E-state index in [1.807, 2.05) is 6.08 Å². The van der Waals surface area contributed by atoms with Crippen LogP contribution in [0.15, 0.2) is 73.3 Å². The molecule has 0 aliphatic heterocycles. The molecule has 0 N–H and O–H groups in total. The van der Waals surface area contributed by atoms with Crippen molar-refractivity contribution >= 4 is 0 Å².